The van der Waals surface area contributed by atoms with E-state index < -0.39 is 0 Å². The molecule has 0 radical (unpaired) electrons. The van der Waals surface area contributed by atoms with Crippen molar-refractivity contribution in [1.29, 1.82) is 0 Å². The predicted octanol–water partition coefficient (Wildman–Crippen LogP) is 2.64. The molecule has 2 N–H and O–H groups in total. The van der Waals surface area contributed by atoms with E-state index in [9.17, 15) is 5.11 Å². The van der Waals surface area contributed by atoms with Gasteiger partial charge in [-0.15, -0.1) is 0 Å². The fourth-order valence-electron chi connectivity index (χ4n) is 3.72. The Kier molecular flexibility index (Phi) is 6.66. The van der Waals surface area contributed by atoms with Gasteiger partial charge in [0.05, 0.1) is 19.4 Å². The highest BCUT2D eigenvalue weighted by molar-refractivity contribution is 7.99. The molecule has 0 amide bonds. The molecule has 0 unspecified atom stereocenters. The van der Waals surface area contributed by atoms with Crippen LogP contribution < -0.4 is 10.2 Å². The number of β-amino-alcohol motifs (C(OH)–C–C–N with tert-alkyl or cyclic N) is 1. The van der Waals surface area contributed by atoms with Crippen molar-refractivity contribution in [3.63, 3.8) is 0 Å². The van der Waals surface area contributed by atoms with Crippen LogP contribution in [0.2, 0.25) is 0 Å². The summed E-state index contributed by atoms with van der Waals surface area (Å²) in [6.45, 7) is 4.72. The maximum Gasteiger partial charge on any atom is 0.234 e. The van der Waals surface area contributed by atoms with Gasteiger partial charge in [0.2, 0.25) is 11.9 Å². The molecule has 10 heteroatoms. The molecule has 1 aromatic carbocycles. The Morgan fingerprint density at radius 2 is 1.85 bits per heavy atom. The Bertz CT molecular complexity index is 1130. The predicted molar refractivity (Wildman–Crippen MR) is 129 cm³/mol. The number of rotatable bonds is 7. The minimum Gasteiger partial charge on any atom is -0.465 e. The fraction of sp³-hybridized carbons (Fsp3) is 0.304. The topological polar surface area (TPSA) is 103 Å². The second kappa shape index (κ2) is 10.2. The molecular weight excluding hydrogens is 438 g/mol. The number of nitrogens with one attached hydrogen (secondary N) is 1. The van der Waals surface area contributed by atoms with Crippen LogP contribution in [-0.2, 0) is 0 Å². The first kappa shape index (κ1) is 21.6. The van der Waals surface area contributed by atoms with Gasteiger partial charge in [0.1, 0.15) is 11.6 Å². The van der Waals surface area contributed by atoms with Crippen LogP contribution >= 0.6 is 11.8 Å². The molecule has 0 aliphatic carbocycles. The third-order valence-electron chi connectivity index (χ3n) is 5.44. The van der Waals surface area contributed by atoms with E-state index in [1.165, 1.54) is 11.8 Å². The number of amidine groups is 1. The van der Waals surface area contributed by atoms with Gasteiger partial charge in [-0.1, -0.05) is 18.2 Å². The van der Waals surface area contributed by atoms with Crippen molar-refractivity contribution in [3.05, 3.63) is 60.6 Å². The Morgan fingerprint density at radius 3 is 2.61 bits per heavy atom. The van der Waals surface area contributed by atoms with Crippen molar-refractivity contribution < 1.29 is 9.52 Å². The molecule has 0 spiro atoms. The monoisotopic (exact) mass is 463 g/mol. The standard InChI is InChI=1S/C23H25N7O2S/c31-13-12-29-8-10-30(11-9-29)22-26-21(27-23(28-22)33-18-5-2-1-3-6-18)25-20-15-17(16-24-20)19-7-4-14-32-19/h1-7,14-15,31H,8-13,16H2,(H,24,25,26,27,28). The molecule has 0 atom stereocenters. The zero-order chi connectivity index (χ0) is 22.5. The number of anilines is 2. The number of furan rings is 1. The highest BCUT2D eigenvalue weighted by atomic mass is 32.2. The second-order valence-corrected chi connectivity index (χ2v) is 8.72. The Labute approximate surface area is 196 Å². The largest absolute Gasteiger partial charge is 0.465 e. The van der Waals surface area contributed by atoms with E-state index in [4.69, 9.17) is 14.4 Å². The zero-order valence-corrected chi connectivity index (χ0v) is 18.9. The van der Waals surface area contributed by atoms with Crippen molar-refractivity contribution in [2.45, 2.75) is 10.1 Å². The summed E-state index contributed by atoms with van der Waals surface area (Å²) < 4.78 is 5.49. The first-order valence-corrected chi connectivity index (χ1v) is 11.7. The van der Waals surface area contributed by atoms with Gasteiger partial charge in [0.15, 0.2) is 5.16 Å². The minimum absolute atomic E-state index is 0.174. The molecule has 0 saturated carbocycles. The van der Waals surface area contributed by atoms with Gasteiger partial charge in [-0.05, 0) is 42.1 Å². The molecule has 2 aliphatic heterocycles. The van der Waals surface area contributed by atoms with Gasteiger partial charge < -0.3 is 19.7 Å². The van der Waals surface area contributed by atoms with Crippen molar-refractivity contribution in [2.75, 3.05) is 56.1 Å². The van der Waals surface area contributed by atoms with Crippen molar-refractivity contribution >= 4 is 35.1 Å². The lowest BCUT2D eigenvalue weighted by molar-refractivity contribution is 0.188. The summed E-state index contributed by atoms with van der Waals surface area (Å²) >= 11 is 1.50. The van der Waals surface area contributed by atoms with E-state index in [0.717, 1.165) is 42.4 Å². The number of aliphatic imine (C=N–C) groups is 1. The maximum absolute atomic E-state index is 9.21. The van der Waals surface area contributed by atoms with Crippen LogP contribution in [0.4, 0.5) is 11.9 Å². The second-order valence-electron chi connectivity index (χ2n) is 7.68. The van der Waals surface area contributed by atoms with Gasteiger partial charge in [-0.2, -0.15) is 15.0 Å². The lowest BCUT2D eigenvalue weighted by Crippen LogP contribution is -2.47. The van der Waals surface area contributed by atoms with Crippen molar-refractivity contribution in [2.24, 2.45) is 4.99 Å². The van der Waals surface area contributed by atoms with Crippen LogP contribution in [-0.4, -0.2) is 76.7 Å². The van der Waals surface area contributed by atoms with E-state index in [2.05, 4.69) is 25.1 Å². The van der Waals surface area contributed by atoms with Crippen molar-refractivity contribution in [3.8, 4) is 0 Å². The van der Waals surface area contributed by atoms with Crippen LogP contribution in [0.1, 0.15) is 5.76 Å². The number of hydrogen-bond acceptors (Lipinski definition) is 10. The van der Waals surface area contributed by atoms with E-state index in [1.54, 1.807) is 6.26 Å². The summed E-state index contributed by atoms with van der Waals surface area (Å²) in [7, 11) is 0. The lowest BCUT2D eigenvalue weighted by Gasteiger charge is -2.34. The molecule has 1 saturated heterocycles. The van der Waals surface area contributed by atoms with Gasteiger partial charge in [-0.25, -0.2) is 0 Å². The summed E-state index contributed by atoms with van der Waals surface area (Å²) in [4.78, 5) is 24.1. The normalized spacial score (nSPS) is 16.6. The summed E-state index contributed by atoms with van der Waals surface area (Å²) in [6, 6.07) is 13.9. The number of nitrogens with zero attached hydrogens (tertiary/aromatic N) is 6. The molecule has 0 bridgehead atoms. The van der Waals surface area contributed by atoms with Gasteiger partial charge in [0, 0.05) is 43.2 Å². The molecule has 1 fully saturated rings. The highest BCUT2D eigenvalue weighted by Gasteiger charge is 2.21. The summed E-state index contributed by atoms with van der Waals surface area (Å²) in [5.74, 6) is 2.62. The molecule has 5 rings (SSSR count). The number of aliphatic hydroxyl groups excluding tert-OH is 1. The van der Waals surface area contributed by atoms with Crippen LogP contribution in [0, 0.1) is 0 Å². The Morgan fingerprint density at radius 1 is 1.00 bits per heavy atom. The third-order valence-corrected chi connectivity index (χ3v) is 6.31. The van der Waals surface area contributed by atoms with Gasteiger partial charge >= 0.3 is 0 Å². The van der Waals surface area contributed by atoms with Crippen LogP contribution in [0.15, 0.2) is 74.3 Å². The summed E-state index contributed by atoms with van der Waals surface area (Å²) in [6.07, 6.45) is 3.62. The average Bonchev–Trinajstić information content (AvgIpc) is 3.53. The molecule has 2 aliphatic rings. The van der Waals surface area contributed by atoms with Crippen molar-refractivity contribution in [1.82, 2.24) is 19.9 Å². The number of aliphatic hydroxyl groups is 1. The van der Waals surface area contributed by atoms with Crippen LogP contribution in [0.25, 0.3) is 5.57 Å². The van der Waals surface area contributed by atoms with Gasteiger partial charge in [-0.3, -0.25) is 9.89 Å². The van der Waals surface area contributed by atoms with E-state index >= 15 is 0 Å². The molecule has 3 aromatic rings. The Hall–Kier alpha value is -3.21. The molecule has 2 aromatic heterocycles. The minimum atomic E-state index is 0.174. The maximum atomic E-state index is 9.21. The van der Waals surface area contributed by atoms with Crippen LogP contribution in [0.5, 0.6) is 0 Å². The first-order valence-electron chi connectivity index (χ1n) is 10.9. The van der Waals surface area contributed by atoms with E-state index in [1.807, 2.05) is 48.5 Å². The number of benzene rings is 1. The van der Waals surface area contributed by atoms with Crippen LogP contribution in [0.3, 0.4) is 0 Å². The summed E-state index contributed by atoms with van der Waals surface area (Å²) in [5.41, 5.74) is 1.01. The number of piperazine rings is 1. The van der Waals surface area contributed by atoms with E-state index in [0.29, 0.717) is 36.0 Å². The molecule has 9 nitrogen and oxygen atoms in total. The Balaban J connectivity index is 1.37. The summed E-state index contributed by atoms with van der Waals surface area (Å²) in [5, 5.41) is 13.1. The first-order chi connectivity index (χ1) is 16.3. The SMILES string of the molecule is OCCN1CCN(c2nc(NC3=NCC(c4ccco4)=C3)nc(Sc3ccccc3)n2)CC1. The molecule has 170 valence electrons. The number of aromatic nitrogens is 3. The zero-order valence-electron chi connectivity index (χ0n) is 18.1. The highest BCUT2D eigenvalue weighted by Crippen LogP contribution is 2.27. The molecule has 4 heterocycles. The molecule has 33 heavy (non-hydrogen) atoms. The smallest absolute Gasteiger partial charge is 0.234 e. The number of hydrogen-bond donors (Lipinski definition) is 2. The third kappa shape index (κ3) is 5.41. The lowest BCUT2D eigenvalue weighted by atomic mass is 10.2. The van der Waals surface area contributed by atoms with E-state index in [-0.39, 0.29) is 6.61 Å². The fourth-order valence-corrected chi connectivity index (χ4v) is 4.49. The quantitative estimate of drug-likeness (QED) is 0.547. The molecular formula is C23H25N7O2S. The average molecular weight is 464 g/mol. The van der Waals surface area contributed by atoms with Gasteiger partial charge in [0.25, 0.3) is 0 Å².